The lowest BCUT2D eigenvalue weighted by atomic mass is 9.98. The van der Waals surface area contributed by atoms with E-state index in [9.17, 15) is 13.2 Å². The lowest BCUT2D eigenvalue weighted by Gasteiger charge is -2.43. The molecular formula is C28H28Cl3N3O4S. The highest BCUT2D eigenvalue weighted by Gasteiger charge is 2.46. The molecule has 1 spiro atoms. The van der Waals surface area contributed by atoms with E-state index in [4.69, 9.17) is 39.5 Å². The second-order valence-corrected chi connectivity index (χ2v) is 13.0. The van der Waals surface area contributed by atoms with Crippen molar-refractivity contribution in [2.24, 2.45) is 0 Å². The zero-order valence-corrected chi connectivity index (χ0v) is 24.3. The first-order valence-electron chi connectivity index (χ1n) is 12.5. The lowest BCUT2D eigenvalue weighted by molar-refractivity contribution is -0.142. The van der Waals surface area contributed by atoms with Gasteiger partial charge in [0, 0.05) is 36.8 Å². The summed E-state index contributed by atoms with van der Waals surface area (Å²) in [6.07, 6.45) is 0.719. The number of morpholine rings is 1. The van der Waals surface area contributed by atoms with Gasteiger partial charge in [0.1, 0.15) is 10.5 Å². The fourth-order valence-electron chi connectivity index (χ4n) is 5.34. The molecular weight excluding hydrogens is 581 g/mol. The van der Waals surface area contributed by atoms with Crippen LogP contribution < -0.4 is 4.72 Å². The molecule has 0 bridgehead atoms. The number of halogens is 3. The molecule has 2 fully saturated rings. The summed E-state index contributed by atoms with van der Waals surface area (Å²) in [5.41, 5.74) is 1.09. The zero-order valence-electron chi connectivity index (χ0n) is 21.2. The number of carbonyl (C=O) groups excluding carboxylic acids is 1. The molecule has 1 amide bonds. The van der Waals surface area contributed by atoms with Gasteiger partial charge < -0.3 is 9.64 Å². The van der Waals surface area contributed by atoms with E-state index in [1.807, 2.05) is 18.2 Å². The molecule has 2 heterocycles. The van der Waals surface area contributed by atoms with Gasteiger partial charge in [-0.15, -0.1) is 0 Å². The highest BCUT2D eigenvalue weighted by atomic mass is 35.5. The first-order valence-corrected chi connectivity index (χ1v) is 15.2. The second kappa shape index (κ2) is 11.3. The number of rotatable bonds is 6. The fourth-order valence-corrected chi connectivity index (χ4v) is 7.33. The molecule has 5 rings (SSSR count). The molecule has 0 radical (unpaired) electrons. The third kappa shape index (κ3) is 6.37. The van der Waals surface area contributed by atoms with Crippen LogP contribution >= 0.6 is 34.8 Å². The van der Waals surface area contributed by atoms with E-state index in [0.717, 1.165) is 13.1 Å². The number of hydrogen-bond acceptors (Lipinski definition) is 5. The molecule has 3 aromatic carbocycles. The number of amides is 1. The van der Waals surface area contributed by atoms with Crippen LogP contribution in [0, 0.1) is 0 Å². The smallest absolute Gasteiger partial charge is 0.263 e. The van der Waals surface area contributed by atoms with E-state index in [0.29, 0.717) is 31.1 Å². The Kier molecular flexibility index (Phi) is 8.15. The number of hydrogen-bond donors (Lipinski definition) is 1. The van der Waals surface area contributed by atoms with Crippen molar-refractivity contribution in [3.8, 4) is 0 Å². The number of ether oxygens (including phenoxy) is 1. The fraction of sp³-hybridized carbons (Fsp3) is 0.321. The van der Waals surface area contributed by atoms with Crippen molar-refractivity contribution in [3.05, 3.63) is 92.9 Å². The van der Waals surface area contributed by atoms with Crippen molar-refractivity contribution < 1.29 is 17.9 Å². The van der Waals surface area contributed by atoms with Crippen molar-refractivity contribution in [1.82, 2.24) is 9.80 Å². The van der Waals surface area contributed by atoms with Gasteiger partial charge >= 0.3 is 0 Å². The molecule has 2 atom stereocenters. The standard InChI is InChI=1S/C28H28Cl3N3O4S/c1-19-15-33(16-20-5-3-2-4-6-20)17-28(38-19)11-12-34(18-28)27(35)21-7-9-24(31)26(13-21)39(36,37)32-25-14-22(29)8-10-23(25)30/h2-10,13-14,19,32H,11-12,15-18H2,1H3. The van der Waals surface area contributed by atoms with Gasteiger partial charge in [0.2, 0.25) is 0 Å². The average molecular weight is 609 g/mol. The maximum absolute atomic E-state index is 13.5. The van der Waals surface area contributed by atoms with Crippen molar-refractivity contribution in [2.45, 2.75) is 36.5 Å². The van der Waals surface area contributed by atoms with Crippen LogP contribution in [-0.4, -0.2) is 62.0 Å². The predicted molar refractivity (Wildman–Crippen MR) is 154 cm³/mol. The Morgan fingerprint density at radius 1 is 1.03 bits per heavy atom. The number of anilines is 1. The van der Waals surface area contributed by atoms with Crippen molar-refractivity contribution in [2.75, 3.05) is 30.9 Å². The third-order valence-corrected chi connectivity index (χ3v) is 9.38. The van der Waals surface area contributed by atoms with E-state index in [2.05, 4.69) is 28.7 Å². The molecule has 0 aliphatic carbocycles. The van der Waals surface area contributed by atoms with Crippen LogP contribution in [0.3, 0.4) is 0 Å². The minimum Gasteiger partial charge on any atom is -0.367 e. The van der Waals surface area contributed by atoms with Crippen molar-refractivity contribution >= 4 is 56.4 Å². The number of sulfonamides is 1. The SMILES string of the molecule is CC1CN(Cc2ccccc2)CC2(CCN(C(=O)c3ccc(Cl)c(S(=O)(=O)Nc4cc(Cl)ccc4Cl)c3)C2)O1. The maximum Gasteiger partial charge on any atom is 0.263 e. The van der Waals surface area contributed by atoms with Gasteiger partial charge in [-0.1, -0.05) is 65.1 Å². The minimum absolute atomic E-state index is 0.0175. The van der Waals surface area contributed by atoms with Crippen molar-refractivity contribution in [1.29, 1.82) is 0 Å². The normalized spacial score (nSPS) is 21.8. The summed E-state index contributed by atoms with van der Waals surface area (Å²) in [5.74, 6) is -0.280. The van der Waals surface area contributed by atoms with Crippen molar-refractivity contribution in [3.63, 3.8) is 0 Å². The zero-order chi connectivity index (χ0) is 27.8. The third-order valence-electron chi connectivity index (χ3n) is 6.97. The average Bonchev–Trinajstić information content (AvgIpc) is 3.28. The Morgan fingerprint density at radius 3 is 2.54 bits per heavy atom. The van der Waals surface area contributed by atoms with Crippen LogP contribution in [-0.2, 0) is 21.3 Å². The molecule has 2 aliphatic rings. The quantitative estimate of drug-likeness (QED) is 0.374. The molecule has 2 aliphatic heterocycles. The molecule has 7 nitrogen and oxygen atoms in total. The molecule has 1 N–H and O–H groups in total. The van der Waals surface area contributed by atoms with E-state index in [1.165, 1.54) is 35.9 Å². The summed E-state index contributed by atoms with van der Waals surface area (Å²) in [6.45, 7) is 5.31. The summed E-state index contributed by atoms with van der Waals surface area (Å²) >= 11 is 18.4. The Bertz CT molecular complexity index is 1490. The number of carbonyl (C=O) groups is 1. The molecule has 2 unspecified atom stereocenters. The first-order chi connectivity index (χ1) is 18.5. The van der Waals surface area contributed by atoms with Crippen LogP contribution in [0.25, 0.3) is 0 Å². The Labute approximate surface area is 243 Å². The molecule has 0 saturated carbocycles. The summed E-state index contributed by atoms with van der Waals surface area (Å²) in [5, 5.41) is 0.476. The molecule has 3 aromatic rings. The Balaban J connectivity index is 1.33. The number of likely N-dealkylation sites (tertiary alicyclic amines) is 1. The van der Waals surface area contributed by atoms with E-state index < -0.39 is 15.6 Å². The van der Waals surface area contributed by atoms with Crippen LogP contribution in [0.15, 0.2) is 71.6 Å². The van der Waals surface area contributed by atoms with E-state index in [1.54, 1.807) is 11.0 Å². The highest BCUT2D eigenvalue weighted by Crippen LogP contribution is 2.34. The summed E-state index contributed by atoms with van der Waals surface area (Å²) in [4.78, 5) is 17.4. The van der Waals surface area contributed by atoms with Crippen LogP contribution in [0.4, 0.5) is 5.69 Å². The van der Waals surface area contributed by atoms with Gasteiger partial charge in [-0.05, 0) is 55.3 Å². The van der Waals surface area contributed by atoms with Crippen LogP contribution in [0.2, 0.25) is 15.1 Å². The van der Waals surface area contributed by atoms with Gasteiger partial charge in [0.05, 0.1) is 28.4 Å². The van der Waals surface area contributed by atoms with E-state index in [-0.39, 0.29) is 38.2 Å². The Morgan fingerprint density at radius 2 is 1.77 bits per heavy atom. The lowest BCUT2D eigenvalue weighted by Crippen LogP contribution is -2.56. The van der Waals surface area contributed by atoms with Crippen LogP contribution in [0.5, 0.6) is 0 Å². The molecule has 2 saturated heterocycles. The largest absolute Gasteiger partial charge is 0.367 e. The number of nitrogens with zero attached hydrogens (tertiary/aromatic N) is 2. The monoisotopic (exact) mass is 607 g/mol. The number of benzene rings is 3. The topological polar surface area (TPSA) is 79.0 Å². The van der Waals surface area contributed by atoms with Gasteiger partial charge in [0.25, 0.3) is 15.9 Å². The van der Waals surface area contributed by atoms with E-state index >= 15 is 0 Å². The predicted octanol–water partition coefficient (Wildman–Crippen LogP) is 5.95. The van der Waals surface area contributed by atoms with Crippen LogP contribution in [0.1, 0.15) is 29.3 Å². The molecule has 0 aromatic heterocycles. The first kappa shape index (κ1) is 28.2. The summed E-state index contributed by atoms with van der Waals surface area (Å²) in [6, 6.07) is 19.0. The number of nitrogens with one attached hydrogen (secondary N) is 1. The Hall–Kier alpha value is -2.33. The maximum atomic E-state index is 13.5. The molecule has 11 heteroatoms. The summed E-state index contributed by atoms with van der Waals surface area (Å²) < 4.78 is 35.2. The van der Waals surface area contributed by atoms with Gasteiger partial charge in [-0.25, -0.2) is 8.42 Å². The second-order valence-electron chi connectivity index (χ2n) is 10.1. The van der Waals surface area contributed by atoms with Gasteiger partial charge in [-0.3, -0.25) is 14.4 Å². The molecule has 206 valence electrons. The highest BCUT2D eigenvalue weighted by molar-refractivity contribution is 7.92. The summed E-state index contributed by atoms with van der Waals surface area (Å²) in [7, 11) is -4.16. The van der Waals surface area contributed by atoms with Gasteiger partial charge in [-0.2, -0.15) is 0 Å². The van der Waals surface area contributed by atoms with Gasteiger partial charge in [0.15, 0.2) is 0 Å². The molecule has 39 heavy (non-hydrogen) atoms. The minimum atomic E-state index is -4.16.